The fourth-order valence-corrected chi connectivity index (χ4v) is 4.17. The van der Waals surface area contributed by atoms with E-state index in [1.807, 2.05) is 82.3 Å². The number of carbonyl (C=O) groups excluding carboxylic acids is 1. The highest BCUT2D eigenvalue weighted by Crippen LogP contribution is 2.34. The van der Waals surface area contributed by atoms with Gasteiger partial charge in [-0.05, 0) is 80.9 Å². The van der Waals surface area contributed by atoms with Crippen LogP contribution in [0.15, 0.2) is 58.4 Å². The van der Waals surface area contributed by atoms with Gasteiger partial charge in [0.15, 0.2) is 5.17 Å². The van der Waals surface area contributed by atoms with Crippen LogP contribution in [0.2, 0.25) is 5.02 Å². The molecule has 0 atom stereocenters. The van der Waals surface area contributed by atoms with Gasteiger partial charge in [-0.2, -0.15) is 0 Å². The second kappa shape index (κ2) is 9.51. The van der Waals surface area contributed by atoms with Crippen molar-refractivity contribution in [2.24, 2.45) is 4.99 Å². The van der Waals surface area contributed by atoms with Crippen molar-refractivity contribution in [3.8, 4) is 5.75 Å². The van der Waals surface area contributed by atoms with Crippen LogP contribution in [0.5, 0.6) is 5.75 Å². The van der Waals surface area contributed by atoms with Crippen molar-refractivity contribution in [2.45, 2.75) is 46.4 Å². The van der Waals surface area contributed by atoms with E-state index in [9.17, 15) is 4.79 Å². The van der Waals surface area contributed by atoms with Crippen LogP contribution in [0.1, 0.15) is 38.8 Å². The summed E-state index contributed by atoms with van der Waals surface area (Å²) in [5.74, 6) is 0.783. The molecule has 0 saturated carbocycles. The third-order valence-electron chi connectivity index (χ3n) is 4.22. The van der Waals surface area contributed by atoms with Gasteiger partial charge in [-0.15, -0.1) is 0 Å². The first kappa shape index (κ1) is 21.5. The summed E-state index contributed by atoms with van der Waals surface area (Å²) in [5.41, 5.74) is 2.01. The minimum Gasteiger partial charge on any atom is -0.489 e. The summed E-state index contributed by atoms with van der Waals surface area (Å²) in [4.78, 5) is 19.9. The molecule has 0 unspecified atom stereocenters. The predicted molar refractivity (Wildman–Crippen MR) is 122 cm³/mol. The largest absolute Gasteiger partial charge is 0.489 e. The molecule has 1 aliphatic rings. The maximum atomic E-state index is 12.8. The summed E-state index contributed by atoms with van der Waals surface area (Å²) in [6, 6.07) is 15.5. The Labute approximate surface area is 181 Å². The molecule has 6 heteroatoms. The minimum absolute atomic E-state index is 0.00691. The Morgan fingerprint density at radius 1 is 1.07 bits per heavy atom. The number of rotatable bonds is 6. The molecule has 1 amide bonds. The lowest BCUT2D eigenvalue weighted by Gasteiger charge is -2.20. The molecule has 1 saturated heterocycles. The first-order valence-electron chi connectivity index (χ1n) is 9.61. The average molecular weight is 429 g/mol. The van der Waals surface area contributed by atoms with E-state index in [-0.39, 0.29) is 18.0 Å². The Kier molecular flexibility index (Phi) is 7.04. The van der Waals surface area contributed by atoms with Gasteiger partial charge in [0.25, 0.3) is 5.91 Å². The molecular weight excluding hydrogens is 404 g/mol. The molecule has 3 rings (SSSR count). The third kappa shape index (κ3) is 5.64. The Morgan fingerprint density at radius 2 is 1.72 bits per heavy atom. The summed E-state index contributed by atoms with van der Waals surface area (Å²) in [6.07, 6.45) is 1.91. The number of hydrogen-bond acceptors (Lipinski definition) is 4. The van der Waals surface area contributed by atoms with Crippen molar-refractivity contribution >= 4 is 40.5 Å². The summed E-state index contributed by atoms with van der Waals surface area (Å²) < 4.78 is 5.82. The third-order valence-corrected chi connectivity index (χ3v) is 5.47. The van der Waals surface area contributed by atoms with Gasteiger partial charge >= 0.3 is 0 Å². The van der Waals surface area contributed by atoms with Crippen LogP contribution in [-0.4, -0.2) is 28.1 Å². The van der Waals surface area contributed by atoms with E-state index in [0.29, 0.717) is 16.5 Å². The highest BCUT2D eigenvalue weighted by molar-refractivity contribution is 8.18. The fourth-order valence-electron chi connectivity index (χ4n) is 2.81. The molecule has 2 aromatic rings. The minimum atomic E-state index is 0.00691. The van der Waals surface area contributed by atoms with Crippen molar-refractivity contribution in [3.63, 3.8) is 0 Å². The van der Waals surface area contributed by atoms with Gasteiger partial charge in [-0.25, -0.2) is 0 Å². The molecule has 0 aliphatic carbocycles. The van der Waals surface area contributed by atoms with Crippen LogP contribution in [0.4, 0.5) is 0 Å². The van der Waals surface area contributed by atoms with Gasteiger partial charge in [0.2, 0.25) is 0 Å². The van der Waals surface area contributed by atoms with Gasteiger partial charge in [-0.3, -0.25) is 14.7 Å². The van der Waals surface area contributed by atoms with E-state index in [0.717, 1.165) is 22.0 Å². The molecule has 0 radical (unpaired) electrons. The number of hydrogen-bond donors (Lipinski definition) is 0. The number of thioether (sulfide) groups is 1. The number of halogens is 1. The topological polar surface area (TPSA) is 41.9 Å². The van der Waals surface area contributed by atoms with Crippen LogP contribution in [-0.2, 0) is 11.4 Å². The van der Waals surface area contributed by atoms with Crippen molar-refractivity contribution in [3.05, 3.63) is 69.6 Å². The number of ether oxygens (including phenoxy) is 1. The quantitative estimate of drug-likeness (QED) is 0.529. The Hall–Kier alpha value is -2.24. The molecular formula is C23H25ClN2O2S. The van der Waals surface area contributed by atoms with E-state index in [1.54, 1.807) is 4.90 Å². The van der Waals surface area contributed by atoms with Gasteiger partial charge in [0, 0.05) is 17.1 Å². The molecule has 0 bridgehead atoms. The Morgan fingerprint density at radius 3 is 2.31 bits per heavy atom. The average Bonchev–Trinajstić information content (AvgIpc) is 2.97. The summed E-state index contributed by atoms with van der Waals surface area (Å²) in [5, 5.41) is 1.48. The van der Waals surface area contributed by atoms with E-state index in [2.05, 4.69) is 4.99 Å². The number of amides is 1. The van der Waals surface area contributed by atoms with Crippen LogP contribution in [0.3, 0.4) is 0 Å². The number of carbonyl (C=O) groups is 1. The SMILES string of the molecule is CC(C)N=C1S/C(=C/c2ccc(OCc3ccc(Cl)cc3)cc2)C(=O)N1C(C)C. The summed E-state index contributed by atoms with van der Waals surface area (Å²) in [7, 11) is 0. The van der Waals surface area contributed by atoms with Gasteiger partial charge < -0.3 is 4.74 Å². The monoisotopic (exact) mass is 428 g/mol. The van der Waals surface area contributed by atoms with Crippen LogP contribution in [0, 0.1) is 0 Å². The Balaban J connectivity index is 1.70. The number of aliphatic imine (C=N–C) groups is 1. The normalized spacial score (nSPS) is 17.2. The smallest absolute Gasteiger partial charge is 0.266 e. The molecule has 0 aromatic heterocycles. The molecule has 1 heterocycles. The van der Waals surface area contributed by atoms with Crippen molar-refractivity contribution in [1.82, 2.24) is 4.90 Å². The molecule has 1 fully saturated rings. The first-order valence-corrected chi connectivity index (χ1v) is 10.8. The molecule has 1 aliphatic heterocycles. The molecule has 29 heavy (non-hydrogen) atoms. The maximum absolute atomic E-state index is 12.8. The van der Waals surface area contributed by atoms with Crippen LogP contribution < -0.4 is 4.74 Å². The summed E-state index contributed by atoms with van der Waals surface area (Å²) >= 11 is 7.34. The lowest BCUT2D eigenvalue weighted by atomic mass is 10.2. The fraction of sp³-hybridized carbons (Fsp3) is 0.304. The van der Waals surface area contributed by atoms with Crippen LogP contribution >= 0.6 is 23.4 Å². The van der Waals surface area contributed by atoms with Gasteiger partial charge in [-0.1, -0.05) is 35.9 Å². The molecule has 4 nitrogen and oxygen atoms in total. The standard InChI is InChI=1S/C23H25ClN2O2S/c1-15(2)25-23-26(16(3)4)22(27)21(29-23)13-17-7-11-20(12-8-17)28-14-18-5-9-19(24)10-6-18/h5-13,15-16H,14H2,1-4H3/b21-13+,25-23?. The molecule has 152 valence electrons. The number of benzene rings is 2. The number of nitrogens with zero attached hydrogens (tertiary/aromatic N) is 2. The zero-order valence-corrected chi connectivity index (χ0v) is 18.6. The lowest BCUT2D eigenvalue weighted by molar-refractivity contribution is -0.123. The van der Waals surface area contributed by atoms with E-state index in [4.69, 9.17) is 16.3 Å². The predicted octanol–water partition coefficient (Wildman–Crippen LogP) is 6.01. The zero-order chi connectivity index (χ0) is 21.0. The molecule has 0 N–H and O–H groups in total. The van der Waals surface area contributed by atoms with Crippen LogP contribution in [0.25, 0.3) is 6.08 Å². The zero-order valence-electron chi connectivity index (χ0n) is 17.1. The van der Waals surface area contributed by atoms with Gasteiger partial charge in [0.1, 0.15) is 12.4 Å². The van der Waals surface area contributed by atoms with E-state index in [1.165, 1.54) is 11.8 Å². The van der Waals surface area contributed by atoms with E-state index >= 15 is 0 Å². The summed E-state index contributed by atoms with van der Waals surface area (Å²) in [6.45, 7) is 8.51. The van der Waals surface area contributed by atoms with Gasteiger partial charge in [0.05, 0.1) is 4.91 Å². The first-order chi connectivity index (χ1) is 13.8. The van der Waals surface area contributed by atoms with Crippen molar-refractivity contribution in [1.29, 1.82) is 0 Å². The second-order valence-electron chi connectivity index (χ2n) is 7.37. The van der Waals surface area contributed by atoms with Crippen molar-refractivity contribution < 1.29 is 9.53 Å². The molecule has 0 spiro atoms. The highest BCUT2D eigenvalue weighted by atomic mass is 35.5. The Bertz CT molecular complexity index is 919. The highest BCUT2D eigenvalue weighted by Gasteiger charge is 2.35. The lowest BCUT2D eigenvalue weighted by Crippen LogP contribution is -2.35. The second-order valence-corrected chi connectivity index (χ2v) is 8.81. The maximum Gasteiger partial charge on any atom is 0.266 e. The van der Waals surface area contributed by atoms with E-state index < -0.39 is 0 Å². The number of amidine groups is 1. The molecule has 2 aromatic carbocycles. The van der Waals surface area contributed by atoms with Crippen molar-refractivity contribution in [2.75, 3.05) is 0 Å².